The van der Waals surface area contributed by atoms with Crippen molar-refractivity contribution in [2.24, 2.45) is 0 Å². The normalized spacial score (nSPS) is 16.6. The predicted molar refractivity (Wildman–Crippen MR) is 109 cm³/mol. The molecule has 0 saturated carbocycles. The highest BCUT2D eigenvalue weighted by atomic mass is 32.2. The molecule has 1 aliphatic heterocycles. The van der Waals surface area contributed by atoms with Crippen LogP contribution >= 0.6 is 11.3 Å². The van der Waals surface area contributed by atoms with E-state index in [4.69, 9.17) is 5.10 Å². The van der Waals surface area contributed by atoms with Crippen LogP contribution in [0.4, 0.5) is 0 Å². The second-order valence-corrected chi connectivity index (χ2v) is 9.63. The minimum Gasteiger partial charge on any atom is -0.296 e. The summed E-state index contributed by atoms with van der Waals surface area (Å²) in [6.07, 6.45) is 3.37. The Morgan fingerprint density at radius 2 is 1.78 bits per heavy atom. The molecule has 142 valence electrons. The summed E-state index contributed by atoms with van der Waals surface area (Å²) in [6, 6.07) is 14.2. The Kier molecular flexibility index (Phi) is 5.14. The second kappa shape index (κ2) is 7.55. The van der Waals surface area contributed by atoms with Crippen LogP contribution in [0.5, 0.6) is 0 Å². The third kappa shape index (κ3) is 4.14. The molecule has 0 atom stereocenters. The van der Waals surface area contributed by atoms with Crippen LogP contribution in [0.2, 0.25) is 0 Å². The molecule has 1 saturated heterocycles. The summed E-state index contributed by atoms with van der Waals surface area (Å²) in [5, 5.41) is 6.90. The molecule has 27 heavy (non-hydrogen) atoms. The number of nitrogens with zero attached hydrogens (tertiary/aromatic N) is 4. The van der Waals surface area contributed by atoms with E-state index in [0.29, 0.717) is 13.1 Å². The van der Waals surface area contributed by atoms with Gasteiger partial charge in [0.05, 0.1) is 16.8 Å². The zero-order valence-corrected chi connectivity index (χ0v) is 16.8. The van der Waals surface area contributed by atoms with E-state index >= 15 is 0 Å². The fourth-order valence-electron chi connectivity index (χ4n) is 3.32. The molecular weight excluding hydrogens is 380 g/mol. The van der Waals surface area contributed by atoms with Gasteiger partial charge in [0.1, 0.15) is 5.69 Å². The number of hydrogen-bond acceptors (Lipinski definition) is 5. The van der Waals surface area contributed by atoms with Gasteiger partial charge in [-0.15, -0.1) is 11.3 Å². The van der Waals surface area contributed by atoms with Crippen molar-refractivity contribution in [1.82, 2.24) is 19.0 Å². The molecule has 0 spiro atoms. The molecule has 3 aromatic rings. The van der Waals surface area contributed by atoms with E-state index in [9.17, 15) is 8.42 Å². The van der Waals surface area contributed by atoms with Gasteiger partial charge in [-0.05, 0) is 23.6 Å². The van der Waals surface area contributed by atoms with Gasteiger partial charge in [-0.3, -0.25) is 4.90 Å². The minimum atomic E-state index is -3.11. The monoisotopic (exact) mass is 402 g/mol. The maximum absolute atomic E-state index is 11.7. The molecule has 0 amide bonds. The first-order valence-corrected chi connectivity index (χ1v) is 11.6. The van der Waals surface area contributed by atoms with Gasteiger partial charge in [0.2, 0.25) is 10.0 Å². The molecular formula is C19H22N4O2S2. The van der Waals surface area contributed by atoms with Crippen LogP contribution < -0.4 is 0 Å². The molecule has 1 aliphatic rings. The molecule has 0 bridgehead atoms. The molecule has 2 aromatic heterocycles. The summed E-state index contributed by atoms with van der Waals surface area (Å²) < 4.78 is 26.9. The first-order chi connectivity index (χ1) is 13.0. The van der Waals surface area contributed by atoms with E-state index in [0.717, 1.165) is 41.5 Å². The molecule has 4 rings (SSSR count). The van der Waals surface area contributed by atoms with Gasteiger partial charge in [0.15, 0.2) is 0 Å². The van der Waals surface area contributed by atoms with E-state index in [1.807, 2.05) is 41.1 Å². The van der Waals surface area contributed by atoms with Crippen molar-refractivity contribution in [3.8, 4) is 16.3 Å². The molecule has 0 N–H and O–H groups in total. The van der Waals surface area contributed by atoms with Crippen LogP contribution in [0.25, 0.3) is 16.3 Å². The Labute approximate surface area is 163 Å². The number of piperazine rings is 1. The first-order valence-electron chi connectivity index (χ1n) is 8.86. The summed E-state index contributed by atoms with van der Waals surface area (Å²) in [4.78, 5) is 3.44. The third-order valence-corrected chi connectivity index (χ3v) is 6.94. The largest absolute Gasteiger partial charge is 0.296 e. The summed E-state index contributed by atoms with van der Waals surface area (Å²) in [5.74, 6) is 0. The van der Waals surface area contributed by atoms with Crippen LogP contribution in [-0.2, 0) is 16.6 Å². The number of sulfonamides is 1. The Bertz CT molecular complexity index is 990. The number of hydrogen-bond donors (Lipinski definition) is 0. The molecule has 1 aromatic carbocycles. The predicted octanol–water partition coefficient (Wildman–Crippen LogP) is 2.68. The van der Waals surface area contributed by atoms with Gasteiger partial charge < -0.3 is 0 Å². The van der Waals surface area contributed by atoms with Crippen molar-refractivity contribution in [3.63, 3.8) is 0 Å². The van der Waals surface area contributed by atoms with Gasteiger partial charge >= 0.3 is 0 Å². The quantitative estimate of drug-likeness (QED) is 0.658. The summed E-state index contributed by atoms with van der Waals surface area (Å²) in [6.45, 7) is 3.30. The smallest absolute Gasteiger partial charge is 0.211 e. The van der Waals surface area contributed by atoms with Crippen molar-refractivity contribution in [3.05, 3.63) is 59.6 Å². The van der Waals surface area contributed by atoms with Crippen LogP contribution in [0.3, 0.4) is 0 Å². The molecule has 0 unspecified atom stereocenters. The van der Waals surface area contributed by atoms with Crippen LogP contribution in [0.15, 0.2) is 54.0 Å². The Morgan fingerprint density at radius 1 is 1.04 bits per heavy atom. The lowest BCUT2D eigenvalue weighted by atomic mass is 10.2. The fraction of sp³-hybridized carbons (Fsp3) is 0.316. The molecule has 6 nitrogen and oxygen atoms in total. The molecule has 0 aliphatic carbocycles. The van der Waals surface area contributed by atoms with E-state index < -0.39 is 10.0 Å². The number of rotatable bonds is 5. The van der Waals surface area contributed by atoms with Gasteiger partial charge in [0, 0.05) is 44.5 Å². The van der Waals surface area contributed by atoms with Crippen molar-refractivity contribution < 1.29 is 8.42 Å². The summed E-state index contributed by atoms with van der Waals surface area (Å²) in [5.41, 5.74) is 3.19. The molecule has 3 heterocycles. The van der Waals surface area contributed by atoms with Crippen molar-refractivity contribution in [2.75, 3.05) is 32.4 Å². The number of benzene rings is 1. The van der Waals surface area contributed by atoms with Gasteiger partial charge in [-0.1, -0.05) is 24.3 Å². The van der Waals surface area contributed by atoms with Crippen molar-refractivity contribution in [1.29, 1.82) is 0 Å². The van der Waals surface area contributed by atoms with Gasteiger partial charge in [-0.2, -0.15) is 9.40 Å². The second-order valence-electron chi connectivity index (χ2n) is 6.70. The highest BCUT2D eigenvalue weighted by Crippen LogP contribution is 2.29. The lowest BCUT2D eigenvalue weighted by molar-refractivity contribution is 0.182. The van der Waals surface area contributed by atoms with Crippen LogP contribution in [-0.4, -0.2) is 59.8 Å². The first kappa shape index (κ1) is 18.4. The third-order valence-electron chi connectivity index (χ3n) is 4.76. The summed E-state index contributed by atoms with van der Waals surface area (Å²) in [7, 11) is -3.11. The van der Waals surface area contributed by atoms with Gasteiger partial charge in [-0.25, -0.2) is 13.1 Å². The lowest BCUT2D eigenvalue weighted by Gasteiger charge is -2.33. The van der Waals surface area contributed by atoms with E-state index in [2.05, 4.69) is 22.5 Å². The van der Waals surface area contributed by atoms with Crippen LogP contribution in [0.1, 0.15) is 5.56 Å². The highest BCUT2D eigenvalue weighted by molar-refractivity contribution is 7.88. The zero-order valence-electron chi connectivity index (χ0n) is 15.2. The maximum atomic E-state index is 11.7. The van der Waals surface area contributed by atoms with Crippen LogP contribution in [0, 0.1) is 0 Å². The van der Waals surface area contributed by atoms with E-state index in [-0.39, 0.29) is 0 Å². The standard InChI is InChI=1S/C19H22N4O2S2/c1-27(24,25)22-11-9-21(10-12-22)14-16-15-23(17-6-3-2-4-7-17)20-19(16)18-8-5-13-26-18/h2-8,13,15H,9-12,14H2,1H3. The SMILES string of the molecule is CS(=O)(=O)N1CCN(Cc2cn(-c3ccccc3)nc2-c2cccs2)CC1. The zero-order chi connectivity index (χ0) is 18.9. The minimum absolute atomic E-state index is 0.542. The Hall–Kier alpha value is -2.00. The molecule has 8 heteroatoms. The van der Waals surface area contributed by atoms with E-state index in [1.54, 1.807) is 15.6 Å². The van der Waals surface area contributed by atoms with Gasteiger partial charge in [0.25, 0.3) is 0 Å². The number of thiophene rings is 1. The van der Waals surface area contributed by atoms with E-state index in [1.165, 1.54) is 6.26 Å². The molecule has 0 radical (unpaired) electrons. The molecule has 1 fully saturated rings. The summed E-state index contributed by atoms with van der Waals surface area (Å²) >= 11 is 1.68. The van der Waals surface area contributed by atoms with Crippen molar-refractivity contribution >= 4 is 21.4 Å². The number of para-hydroxylation sites is 1. The fourth-order valence-corrected chi connectivity index (χ4v) is 4.89. The lowest BCUT2D eigenvalue weighted by Crippen LogP contribution is -2.47. The van der Waals surface area contributed by atoms with Crippen molar-refractivity contribution in [2.45, 2.75) is 6.54 Å². The average molecular weight is 403 g/mol. The Balaban J connectivity index is 1.58. The maximum Gasteiger partial charge on any atom is 0.211 e. The Morgan fingerprint density at radius 3 is 2.41 bits per heavy atom. The topological polar surface area (TPSA) is 58.4 Å². The average Bonchev–Trinajstić information content (AvgIpc) is 3.32. The number of aromatic nitrogens is 2. The highest BCUT2D eigenvalue weighted by Gasteiger charge is 2.24.